The van der Waals surface area contributed by atoms with Crippen molar-refractivity contribution in [2.75, 3.05) is 17.0 Å². The van der Waals surface area contributed by atoms with Crippen LogP contribution in [0.1, 0.15) is 33.2 Å². The van der Waals surface area contributed by atoms with E-state index in [1.807, 2.05) is 61.3 Å². The number of rotatable bonds is 7. The first kappa shape index (κ1) is 18.4. The van der Waals surface area contributed by atoms with Crippen molar-refractivity contribution in [3.05, 3.63) is 95.6 Å². The second kappa shape index (κ2) is 8.32. The van der Waals surface area contributed by atoms with Gasteiger partial charge in [0.25, 0.3) is 0 Å². The van der Waals surface area contributed by atoms with E-state index in [-0.39, 0.29) is 0 Å². The van der Waals surface area contributed by atoms with E-state index in [9.17, 15) is 9.59 Å². The molecule has 0 spiro atoms. The number of benzene rings is 3. The predicted molar refractivity (Wildman–Crippen MR) is 109 cm³/mol. The van der Waals surface area contributed by atoms with Crippen LogP contribution < -0.4 is 10.4 Å². The molecular formula is C23H22N2O2. The molecule has 27 heavy (non-hydrogen) atoms. The van der Waals surface area contributed by atoms with Crippen molar-refractivity contribution >= 4 is 22.9 Å². The Bertz CT molecular complexity index is 951. The van der Waals surface area contributed by atoms with Crippen LogP contribution in [-0.2, 0) is 0 Å². The van der Waals surface area contributed by atoms with Crippen molar-refractivity contribution < 1.29 is 9.59 Å². The van der Waals surface area contributed by atoms with Crippen LogP contribution >= 0.6 is 0 Å². The van der Waals surface area contributed by atoms with Gasteiger partial charge in [-0.2, -0.15) is 0 Å². The van der Waals surface area contributed by atoms with Gasteiger partial charge >= 0.3 is 0 Å². The molecule has 136 valence electrons. The van der Waals surface area contributed by atoms with E-state index in [4.69, 9.17) is 0 Å². The monoisotopic (exact) mass is 358 g/mol. The molecule has 0 saturated heterocycles. The fraction of sp³-hybridized carbons (Fsp3) is 0.130. The second-order valence-corrected chi connectivity index (χ2v) is 6.21. The molecule has 0 fully saturated rings. The molecule has 0 aromatic heterocycles. The van der Waals surface area contributed by atoms with E-state index in [1.54, 1.807) is 36.4 Å². The third-order valence-electron chi connectivity index (χ3n) is 4.39. The summed E-state index contributed by atoms with van der Waals surface area (Å²) in [4.78, 5) is 25.4. The molecule has 3 aromatic carbocycles. The molecule has 4 heteroatoms. The van der Waals surface area contributed by atoms with Gasteiger partial charge in [0.2, 0.25) is 11.6 Å². The minimum Gasteiger partial charge on any atom is -0.298 e. The predicted octanol–water partition coefficient (Wildman–Crippen LogP) is 4.91. The fourth-order valence-electron chi connectivity index (χ4n) is 2.94. The second-order valence-electron chi connectivity index (χ2n) is 6.21. The van der Waals surface area contributed by atoms with Crippen molar-refractivity contribution in [3.63, 3.8) is 0 Å². The highest BCUT2D eigenvalue weighted by atomic mass is 16.2. The Morgan fingerprint density at radius 3 is 2.15 bits per heavy atom. The maximum absolute atomic E-state index is 12.8. The Morgan fingerprint density at radius 2 is 1.44 bits per heavy atom. The number of para-hydroxylation sites is 2. The molecule has 0 atom stereocenters. The van der Waals surface area contributed by atoms with Gasteiger partial charge in [-0.3, -0.25) is 20.0 Å². The van der Waals surface area contributed by atoms with Crippen molar-refractivity contribution in [1.82, 2.24) is 0 Å². The van der Waals surface area contributed by atoms with Gasteiger partial charge in [-0.05, 0) is 37.6 Å². The van der Waals surface area contributed by atoms with Crippen LogP contribution in [0.5, 0.6) is 0 Å². The van der Waals surface area contributed by atoms with E-state index in [0.717, 1.165) is 11.3 Å². The number of hydrogen-bond acceptors (Lipinski definition) is 4. The van der Waals surface area contributed by atoms with Gasteiger partial charge in [0, 0.05) is 12.1 Å². The lowest BCUT2D eigenvalue weighted by Gasteiger charge is -2.27. The number of hydrogen-bond donors (Lipinski definition) is 1. The third-order valence-corrected chi connectivity index (χ3v) is 4.39. The molecule has 0 aliphatic carbocycles. The quantitative estimate of drug-likeness (QED) is 0.370. The van der Waals surface area contributed by atoms with Gasteiger partial charge in [0.15, 0.2) is 0 Å². The van der Waals surface area contributed by atoms with Gasteiger partial charge in [-0.25, -0.2) is 0 Å². The molecule has 0 heterocycles. The molecule has 0 radical (unpaired) electrons. The zero-order chi connectivity index (χ0) is 19.2. The van der Waals surface area contributed by atoms with Crippen molar-refractivity contribution in [2.45, 2.75) is 13.8 Å². The lowest BCUT2D eigenvalue weighted by atomic mass is 10.0. The van der Waals surface area contributed by atoms with E-state index >= 15 is 0 Å². The summed E-state index contributed by atoms with van der Waals surface area (Å²) >= 11 is 0. The third kappa shape index (κ3) is 4.06. The Kier molecular flexibility index (Phi) is 5.67. The molecule has 0 bridgehead atoms. The number of hydrazine groups is 1. The Hall–Kier alpha value is -3.40. The normalized spacial score (nSPS) is 10.3. The van der Waals surface area contributed by atoms with E-state index < -0.39 is 11.6 Å². The number of ketones is 2. The molecule has 3 rings (SSSR count). The van der Waals surface area contributed by atoms with Crippen LogP contribution in [0.15, 0.2) is 78.9 Å². The standard InChI is InChI=1S/C23H22N2O2/c1-3-25(21-16-10-7-11-17(21)2)24-20-15-9-8-14-19(20)23(27)22(26)18-12-5-4-6-13-18/h4-16,24H,3H2,1-2H3. The largest absolute Gasteiger partial charge is 0.298 e. The molecular weight excluding hydrogens is 336 g/mol. The first-order valence-corrected chi connectivity index (χ1v) is 8.94. The first-order valence-electron chi connectivity index (χ1n) is 8.94. The van der Waals surface area contributed by atoms with Crippen LogP contribution in [0.3, 0.4) is 0 Å². The maximum Gasteiger partial charge on any atom is 0.235 e. The highest BCUT2D eigenvalue weighted by Crippen LogP contribution is 2.23. The summed E-state index contributed by atoms with van der Waals surface area (Å²) in [7, 11) is 0. The summed E-state index contributed by atoms with van der Waals surface area (Å²) in [6.07, 6.45) is 0. The summed E-state index contributed by atoms with van der Waals surface area (Å²) in [6.45, 7) is 4.76. The number of carbonyl (C=O) groups is 2. The molecule has 0 aliphatic heterocycles. The highest BCUT2D eigenvalue weighted by Gasteiger charge is 2.21. The topological polar surface area (TPSA) is 49.4 Å². The molecule has 0 saturated carbocycles. The molecule has 0 amide bonds. The average molecular weight is 358 g/mol. The van der Waals surface area contributed by atoms with Gasteiger partial charge in [-0.15, -0.1) is 0 Å². The molecule has 1 N–H and O–H groups in total. The first-order chi connectivity index (χ1) is 13.1. The summed E-state index contributed by atoms with van der Waals surface area (Å²) in [5.41, 5.74) is 6.81. The van der Waals surface area contributed by atoms with Crippen LogP contribution in [0.25, 0.3) is 0 Å². The SMILES string of the molecule is CCN(Nc1ccccc1C(=O)C(=O)c1ccccc1)c1ccccc1C. The summed E-state index contributed by atoms with van der Waals surface area (Å²) in [6, 6.07) is 23.7. The Balaban J connectivity index is 1.91. The summed E-state index contributed by atoms with van der Waals surface area (Å²) in [5.74, 6) is -1.03. The van der Waals surface area contributed by atoms with Crippen molar-refractivity contribution in [1.29, 1.82) is 0 Å². The van der Waals surface area contributed by atoms with Crippen LogP contribution in [0, 0.1) is 6.92 Å². The molecule has 0 aliphatic rings. The number of anilines is 2. The zero-order valence-corrected chi connectivity index (χ0v) is 15.5. The van der Waals surface area contributed by atoms with E-state index in [2.05, 4.69) is 5.43 Å². The van der Waals surface area contributed by atoms with E-state index in [1.165, 1.54) is 0 Å². The van der Waals surface area contributed by atoms with E-state index in [0.29, 0.717) is 23.4 Å². The average Bonchev–Trinajstić information content (AvgIpc) is 2.72. The summed E-state index contributed by atoms with van der Waals surface area (Å²) < 4.78 is 0. The highest BCUT2D eigenvalue weighted by molar-refractivity contribution is 6.50. The number of nitrogens with one attached hydrogen (secondary N) is 1. The Labute approximate surface area is 159 Å². The number of carbonyl (C=O) groups excluding carboxylic acids is 2. The maximum atomic E-state index is 12.8. The number of nitrogens with zero attached hydrogens (tertiary/aromatic N) is 1. The van der Waals surface area contributed by atoms with Crippen LogP contribution in [0.4, 0.5) is 11.4 Å². The summed E-state index contributed by atoms with van der Waals surface area (Å²) in [5, 5.41) is 1.97. The molecule has 0 unspecified atom stereocenters. The fourth-order valence-corrected chi connectivity index (χ4v) is 2.94. The Morgan fingerprint density at radius 1 is 0.815 bits per heavy atom. The van der Waals surface area contributed by atoms with Crippen LogP contribution in [-0.4, -0.2) is 18.1 Å². The minimum absolute atomic E-state index is 0.360. The van der Waals surface area contributed by atoms with Crippen LogP contribution in [0.2, 0.25) is 0 Å². The van der Waals surface area contributed by atoms with Crippen molar-refractivity contribution in [2.24, 2.45) is 0 Å². The van der Waals surface area contributed by atoms with Crippen molar-refractivity contribution in [3.8, 4) is 0 Å². The van der Waals surface area contributed by atoms with Gasteiger partial charge in [0.1, 0.15) is 0 Å². The zero-order valence-electron chi connectivity index (χ0n) is 15.5. The van der Waals surface area contributed by atoms with Gasteiger partial charge < -0.3 is 0 Å². The smallest absolute Gasteiger partial charge is 0.235 e. The number of Topliss-reactive ketones (excluding diaryl/α,β-unsaturated/α-hetero) is 2. The lowest BCUT2D eigenvalue weighted by molar-refractivity contribution is 0.0817. The number of aryl methyl sites for hydroxylation is 1. The lowest BCUT2D eigenvalue weighted by Crippen LogP contribution is -2.31. The van der Waals surface area contributed by atoms with Gasteiger partial charge in [-0.1, -0.05) is 60.7 Å². The molecule has 3 aromatic rings. The molecule has 4 nitrogen and oxygen atoms in total. The van der Waals surface area contributed by atoms with Gasteiger partial charge in [0.05, 0.1) is 16.9 Å². The minimum atomic E-state index is -0.523.